The summed E-state index contributed by atoms with van der Waals surface area (Å²) in [6.45, 7) is 6.69. The topological polar surface area (TPSA) is 57.5 Å². The first kappa shape index (κ1) is 16.6. The maximum Gasteiger partial charge on any atom is 0.309 e. The molecule has 0 heterocycles. The maximum absolute atomic E-state index is 12.0. The molecular weight excluding hydrogens is 300 g/mol. The Labute approximate surface area is 145 Å². The first-order valence-corrected chi connectivity index (χ1v) is 9.83. The van der Waals surface area contributed by atoms with E-state index in [4.69, 9.17) is 0 Å². The van der Waals surface area contributed by atoms with Gasteiger partial charge in [0, 0.05) is 0 Å². The fourth-order valence-electron chi connectivity index (χ4n) is 7.26. The number of carboxylic acids is 1. The van der Waals surface area contributed by atoms with Crippen LogP contribution in [-0.2, 0) is 4.79 Å². The van der Waals surface area contributed by atoms with Crippen molar-refractivity contribution in [2.45, 2.75) is 78.2 Å². The van der Waals surface area contributed by atoms with Crippen LogP contribution in [0.2, 0.25) is 0 Å². The molecule has 2 N–H and O–H groups in total. The van der Waals surface area contributed by atoms with Gasteiger partial charge in [0.15, 0.2) is 0 Å². The van der Waals surface area contributed by atoms with Gasteiger partial charge in [0.1, 0.15) is 0 Å². The van der Waals surface area contributed by atoms with E-state index in [-0.39, 0.29) is 16.9 Å². The highest BCUT2D eigenvalue weighted by molar-refractivity contribution is 5.76. The Balaban J connectivity index is 1.69. The smallest absolute Gasteiger partial charge is 0.309 e. The van der Waals surface area contributed by atoms with Crippen LogP contribution in [0.4, 0.5) is 0 Å². The van der Waals surface area contributed by atoms with Crippen LogP contribution in [0.15, 0.2) is 11.6 Å². The van der Waals surface area contributed by atoms with Gasteiger partial charge >= 0.3 is 5.97 Å². The van der Waals surface area contributed by atoms with Crippen LogP contribution in [-0.4, -0.2) is 22.3 Å². The van der Waals surface area contributed by atoms with Crippen molar-refractivity contribution in [3.8, 4) is 0 Å². The van der Waals surface area contributed by atoms with Gasteiger partial charge < -0.3 is 10.2 Å². The number of allylic oxidation sites excluding steroid dienone is 1. The Morgan fingerprint density at radius 3 is 2.50 bits per heavy atom. The molecule has 0 radical (unpaired) electrons. The van der Waals surface area contributed by atoms with E-state index >= 15 is 0 Å². The predicted molar refractivity (Wildman–Crippen MR) is 93.5 cm³/mol. The van der Waals surface area contributed by atoms with E-state index in [9.17, 15) is 15.0 Å². The van der Waals surface area contributed by atoms with Gasteiger partial charge in [-0.3, -0.25) is 4.79 Å². The third kappa shape index (κ3) is 1.91. The summed E-state index contributed by atoms with van der Waals surface area (Å²) in [6.07, 6.45) is 10.3. The molecule has 4 aliphatic rings. The molecule has 3 heteroatoms. The Morgan fingerprint density at radius 1 is 1.08 bits per heavy atom. The number of aliphatic hydroxyl groups is 1. The van der Waals surface area contributed by atoms with Crippen molar-refractivity contribution in [1.82, 2.24) is 0 Å². The number of aliphatic hydroxyl groups excluding tert-OH is 1. The molecule has 0 aromatic carbocycles. The monoisotopic (exact) mass is 332 g/mol. The van der Waals surface area contributed by atoms with E-state index in [0.29, 0.717) is 17.8 Å². The van der Waals surface area contributed by atoms with E-state index in [1.54, 1.807) is 0 Å². The summed E-state index contributed by atoms with van der Waals surface area (Å²) in [5, 5.41) is 20.0. The third-order valence-electron chi connectivity index (χ3n) is 9.16. The van der Waals surface area contributed by atoms with Crippen molar-refractivity contribution >= 4 is 5.97 Å². The number of carbonyl (C=O) groups is 1. The molecule has 3 nitrogen and oxygen atoms in total. The van der Waals surface area contributed by atoms with Crippen LogP contribution in [0, 0.1) is 34.0 Å². The summed E-state index contributed by atoms with van der Waals surface area (Å²) in [7, 11) is 0. The number of rotatable bonds is 1. The van der Waals surface area contributed by atoms with Gasteiger partial charge in [-0.25, -0.2) is 0 Å². The summed E-state index contributed by atoms with van der Waals surface area (Å²) < 4.78 is 0. The molecule has 3 fully saturated rings. The second kappa shape index (κ2) is 5.09. The zero-order valence-corrected chi connectivity index (χ0v) is 15.3. The van der Waals surface area contributed by atoms with Crippen LogP contribution in [0.5, 0.6) is 0 Å². The zero-order valence-electron chi connectivity index (χ0n) is 15.3. The molecule has 7 atom stereocenters. The van der Waals surface area contributed by atoms with Crippen LogP contribution < -0.4 is 0 Å². The molecule has 0 bridgehead atoms. The SMILES string of the molecule is CC1(C(=O)O)CC[C@H]2[C@@H]3CC=C4CC(O)CC[C@]4(C)[C@@H]3CC[C@@]21C. The second-order valence-corrected chi connectivity index (χ2v) is 9.79. The minimum atomic E-state index is -0.593. The van der Waals surface area contributed by atoms with Gasteiger partial charge in [-0.05, 0) is 86.9 Å². The fraction of sp³-hybridized carbons (Fsp3) is 0.857. The van der Waals surface area contributed by atoms with Gasteiger partial charge in [-0.1, -0.05) is 25.5 Å². The molecule has 0 aliphatic heterocycles. The van der Waals surface area contributed by atoms with Gasteiger partial charge in [0.25, 0.3) is 0 Å². The van der Waals surface area contributed by atoms with E-state index in [2.05, 4.69) is 19.9 Å². The number of carboxylic acid groups (broad SMARTS) is 1. The molecule has 0 aromatic heterocycles. The predicted octanol–water partition coefficient (Wildman–Crippen LogP) is 4.40. The Bertz CT molecular complexity index is 596. The summed E-state index contributed by atoms with van der Waals surface area (Å²) >= 11 is 0. The van der Waals surface area contributed by atoms with Crippen molar-refractivity contribution < 1.29 is 15.0 Å². The van der Waals surface area contributed by atoms with E-state index in [1.807, 2.05) is 6.92 Å². The van der Waals surface area contributed by atoms with Crippen LogP contribution in [0.1, 0.15) is 72.1 Å². The highest BCUT2D eigenvalue weighted by atomic mass is 16.4. The molecule has 4 aliphatic carbocycles. The summed E-state index contributed by atoms with van der Waals surface area (Å²) in [5.41, 5.74) is 1.11. The molecule has 3 saturated carbocycles. The Hall–Kier alpha value is -0.830. The van der Waals surface area contributed by atoms with Crippen LogP contribution >= 0.6 is 0 Å². The lowest BCUT2D eigenvalue weighted by Gasteiger charge is -2.58. The number of aliphatic carboxylic acids is 1. The van der Waals surface area contributed by atoms with Crippen molar-refractivity contribution in [1.29, 1.82) is 0 Å². The van der Waals surface area contributed by atoms with Gasteiger partial charge in [-0.2, -0.15) is 0 Å². The Kier molecular flexibility index (Phi) is 3.53. The lowest BCUT2D eigenvalue weighted by molar-refractivity contribution is -0.160. The van der Waals surface area contributed by atoms with Gasteiger partial charge in [0.2, 0.25) is 0 Å². The van der Waals surface area contributed by atoms with Crippen LogP contribution in [0.25, 0.3) is 0 Å². The standard InChI is InChI=1S/C21H32O3/c1-19-9-6-14(22)12-13(19)4-5-15-16(19)7-10-20(2)17(15)8-11-21(20,3)18(23)24/h4,14-17,22H,5-12H2,1-3H3,(H,23,24)/t14?,15-,16-,17+,19+,20+,21?/m1/s1. The molecule has 2 unspecified atom stereocenters. The summed E-state index contributed by atoms with van der Waals surface area (Å²) in [5.74, 6) is 1.26. The average molecular weight is 332 g/mol. The Morgan fingerprint density at radius 2 is 1.79 bits per heavy atom. The summed E-state index contributed by atoms with van der Waals surface area (Å²) in [4.78, 5) is 12.0. The minimum absolute atomic E-state index is 0.0596. The third-order valence-corrected chi connectivity index (χ3v) is 9.16. The number of hydrogen-bond acceptors (Lipinski definition) is 2. The second-order valence-electron chi connectivity index (χ2n) is 9.79. The maximum atomic E-state index is 12.0. The van der Waals surface area contributed by atoms with Gasteiger partial charge in [0.05, 0.1) is 11.5 Å². The molecule has 0 saturated heterocycles. The van der Waals surface area contributed by atoms with Crippen molar-refractivity contribution in [3.05, 3.63) is 11.6 Å². The largest absolute Gasteiger partial charge is 0.481 e. The molecular formula is C21H32O3. The van der Waals surface area contributed by atoms with Gasteiger partial charge in [-0.15, -0.1) is 0 Å². The molecule has 0 amide bonds. The summed E-state index contributed by atoms with van der Waals surface area (Å²) in [6, 6.07) is 0. The fourth-order valence-corrected chi connectivity index (χ4v) is 7.26. The van der Waals surface area contributed by atoms with Crippen molar-refractivity contribution in [2.24, 2.45) is 34.0 Å². The highest BCUT2D eigenvalue weighted by Crippen LogP contribution is 2.69. The lowest BCUT2D eigenvalue weighted by Crippen LogP contribution is -2.53. The van der Waals surface area contributed by atoms with E-state index in [1.165, 1.54) is 5.57 Å². The minimum Gasteiger partial charge on any atom is -0.481 e. The normalized spacial score (nSPS) is 53.6. The zero-order chi connectivity index (χ0) is 17.3. The number of fused-ring (bicyclic) bond motifs is 5. The molecule has 134 valence electrons. The van der Waals surface area contributed by atoms with Crippen molar-refractivity contribution in [3.63, 3.8) is 0 Å². The first-order valence-electron chi connectivity index (χ1n) is 9.83. The van der Waals surface area contributed by atoms with Crippen LogP contribution in [0.3, 0.4) is 0 Å². The molecule has 4 rings (SSSR count). The molecule has 0 aromatic rings. The highest BCUT2D eigenvalue weighted by Gasteiger charge is 2.64. The molecule has 24 heavy (non-hydrogen) atoms. The lowest BCUT2D eigenvalue weighted by atomic mass is 9.46. The quantitative estimate of drug-likeness (QED) is 0.700. The first-order chi connectivity index (χ1) is 11.2. The number of hydrogen-bond donors (Lipinski definition) is 2. The average Bonchev–Trinajstić information content (AvgIpc) is 2.81. The van der Waals surface area contributed by atoms with E-state index in [0.717, 1.165) is 51.4 Å². The molecule has 0 spiro atoms. The van der Waals surface area contributed by atoms with E-state index < -0.39 is 11.4 Å². The van der Waals surface area contributed by atoms with Crippen molar-refractivity contribution in [2.75, 3.05) is 0 Å².